The number of fused-ring (bicyclic) bond motifs is 1. The molecule has 0 radical (unpaired) electrons. The van der Waals surface area contributed by atoms with Gasteiger partial charge in [0.05, 0.1) is 23.0 Å². The normalized spacial score (nSPS) is 16.8. The number of piperidine rings is 1. The highest BCUT2D eigenvalue weighted by atomic mass is 16.3. The molecule has 0 spiro atoms. The van der Waals surface area contributed by atoms with Crippen molar-refractivity contribution < 1.29 is 5.11 Å². The van der Waals surface area contributed by atoms with Crippen LogP contribution in [-0.4, -0.2) is 47.9 Å². The Morgan fingerprint density at radius 3 is 2.58 bits per heavy atom. The summed E-state index contributed by atoms with van der Waals surface area (Å²) < 4.78 is 1.81. The Kier molecular flexibility index (Phi) is 8.44. The van der Waals surface area contributed by atoms with E-state index in [1.54, 1.807) is 0 Å². The second-order valence-electron chi connectivity index (χ2n) is 11.9. The minimum atomic E-state index is -1.05. The predicted molar refractivity (Wildman–Crippen MR) is 169 cm³/mol. The van der Waals surface area contributed by atoms with Gasteiger partial charge in [0.15, 0.2) is 5.82 Å². The second kappa shape index (κ2) is 12.6. The number of nitrogens with zero attached hydrogens (tertiary/aromatic N) is 5. The molecule has 1 aliphatic rings. The van der Waals surface area contributed by atoms with E-state index < -0.39 is 5.60 Å². The molecule has 1 saturated heterocycles. The van der Waals surface area contributed by atoms with Gasteiger partial charge in [0.2, 0.25) is 0 Å². The van der Waals surface area contributed by atoms with E-state index in [-0.39, 0.29) is 11.6 Å². The third-order valence-electron chi connectivity index (χ3n) is 8.60. The first-order chi connectivity index (χ1) is 20.9. The number of nitrogens with one attached hydrogen (secondary N) is 2. The molecule has 1 fully saturated rings. The lowest BCUT2D eigenvalue weighted by Gasteiger charge is -2.32. The fourth-order valence-electron chi connectivity index (χ4n) is 6.17. The Morgan fingerprint density at radius 1 is 1.05 bits per heavy atom. The van der Waals surface area contributed by atoms with Gasteiger partial charge >= 0.3 is 0 Å². The topological polar surface area (TPSA) is 122 Å². The molecule has 5 aromatic rings. The van der Waals surface area contributed by atoms with Crippen molar-refractivity contribution in [2.24, 2.45) is 0 Å². The Labute approximate surface area is 251 Å². The van der Waals surface area contributed by atoms with E-state index >= 15 is 0 Å². The van der Waals surface area contributed by atoms with Gasteiger partial charge in [0, 0.05) is 18.0 Å². The highest BCUT2D eigenvalue weighted by molar-refractivity contribution is 5.80. The molecule has 1 aliphatic heterocycles. The fraction of sp³-hybridized carbons (Fsp3) is 0.382. The van der Waals surface area contributed by atoms with E-state index in [0.29, 0.717) is 29.7 Å². The highest BCUT2D eigenvalue weighted by Crippen LogP contribution is 2.31. The van der Waals surface area contributed by atoms with E-state index in [2.05, 4.69) is 57.1 Å². The first kappa shape index (κ1) is 28.9. The molecule has 2 unspecified atom stereocenters. The maximum Gasteiger partial charge on any atom is 0.261 e. The molecule has 3 aromatic carbocycles. The number of unbranched alkanes of at least 4 members (excludes halogenated alkanes) is 1. The number of H-pyrrole nitrogens is 1. The molecule has 3 heterocycles. The van der Waals surface area contributed by atoms with Crippen LogP contribution in [-0.2, 0) is 18.6 Å². The summed E-state index contributed by atoms with van der Waals surface area (Å²) >= 11 is 0. The molecular weight excluding hydrogens is 538 g/mol. The Hall–Kier alpha value is -4.21. The van der Waals surface area contributed by atoms with Crippen molar-refractivity contribution in [3.05, 3.63) is 94.0 Å². The Bertz CT molecular complexity index is 1740. The Balaban J connectivity index is 1.32. The molecule has 43 heavy (non-hydrogen) atoms. The summed E-state index contributed by atoms with van der Waals surface area (Å²) in [5, 5.41) is 29.9. The van der Waals surface area contributed by atoms with Gasteiger partial charge in [-0.1, -0.05) is 74.4 Å². The van der Waals surface area contributed by atoms with E-state index in [9.17, 15) is 9.90 Å². The van der Waals surface area contributed by atoms with E-state index in [0.717, 1.165) is 65.9 Å². The van der Waals surface area contributed by atoms with Crippen LogP contribution < -0.4 is 10.9 Å². The van der Waals surface area contributed by atoms with Crippen molar-refractivity contribution in [3.8, 4) is 22.5 Å². The minimum Gasteiger partial charge on any atom is -0.385 e. The number of rotatable bonds is 10. The van der Waals surface area contributed by atoms with Crippen LogP contribution in [0.2, 0.25) is 0 Å². The fourth-order valence-corrected chi connectivity index (χ4v) is 6.17. The van der Waals surface area contributed by atoms with Crippen LogP contribution in [0.5, 0.6) is 0 Å². The molecule has 0 bridgehead atoms. The van der Waals surface area contributed by atoms with Gasteiger partial charge in [-0.3, -0.25) is 9.36 Å². The van der Waals surface area contributed by atoms with Crippen molar-refractivity contribution >= 4 is 10.9 Å². The molecular formula is C34H39N7O2. The number of aromatic amines is 1. The number of benzene rings is 3. The molecule has 9 heteroatoms. The Morgan fingerprint density at radius 2 is 1.86 bits per heavy atom. The average Bonchev–Trinajstić information content (AvgIpc) is 3.57. The number of aryl methyl sites for hydroxylation is 1. The van der Waals surface area contributed by atoms with Crippen LogP contribution in [0.15, 0.2) is 71.5 Å². The molecule has 3 N–H and O–H groups in total. The summed E-state index contributed by atoms with van der Waals surface area (Å²) in [6.45, 7) is 5.40. The smallest absolute Gasteiger partial charge is 0.261 e. The van der Waals surface area contributed by atoms with Crippen molar-refractivity contribution in [3.63, 3.8) is 0 Å². The summed E-state index contributed by atoms with van der Waals surface area (Å²) in [5.74, 6) is 1.40. The third kappa shape index (κ3) is 6.28. The number of aromatic nitrogens is 6. The van der Waals surface area contributed by atoms with Gasteiger partial charge in [-0.15, -0.1) is 5.10 Å². The van der Waals surface area contributed by atoms with Crippen molar-refractivity contribution in [1.29, 1.82) is 0 Å². The monoisotopic (exact) mass is 577 g/mol. The lowest BCUT2D eigenvalue weighted by Crippen LogP contribution is -2.39. The van der Waals surface area contributed by atoms with Crippen LogP contribution in [0.3, 0.4) is 0 Å². The number of aliphatic hydroxyl groups is 1. The van der Waals surface area contributed by atoms with Crippen LogP contribution in [0.4, 0.5) is 0 Å². The maximum atomic E-state index is 14.1. The van der Waals surface area contributed by atoms with Crippen LogP contribution in [0.1, 0.15) is 69.3 Å². The molecule has 2 aromatic heterocycles. The predicted octanol–water partition coefficient (Wildman–Crippen LogP) is 5.37. The quantitative estimate of drug-likeness (QED) is 0.204. The zero-order valence-electron chi connectivity index (χ0n) is 24.9. The van der Waals surface area contributed by atoms with Gasteiger partial charge < -0.3 is 10.4 Å². The molecule has 6 rings (SSSR count). The molecule has 0 amide bonds. The zero-order chi connectivity index (χ0) is 29.8. The van der Waals surface area contributed by atoms with Crippen molar-refractivity contribution in [1.82, 2.24) is 35.5 Å². The van der Waals surface area contributed by atoms with Gasteiger partial charge in [0.25, 0.3) is 5.56 Å². The average molecular weight is 578 g/mol. The summed E-state index contributed by atoms with van der Waals surface area (Å²) in [5.41, 5.74) is 4.29. The summed E-state index contributed by atoms with van der Waals surface area (Å²) in [6.07, 6.45) is 6.71. The van der Waals surface area contributed by atoms with E-state index in [1.807, 2.05) is 54.0 Å². The van der Waals surface area contributed by atoms with Gasteiger partial charge in [0.1, 0.15) is 5.82 Å². The molecule has 9 nitrogen and oxygen atoms in total. The highest BCUT2D eigenvalue weighted by Gasteiger charge is 2.29. The molecule has 0 saturated carbocycles. The lowest BCUT2D eigenvalue weighted by molar-refractivity contribution is 0.0333. The van der Waals surface area contributed by atoms with E-state index in [1.165, 1.54) is 12.8 Å². The number of tetrazole rings is 1. The first-order valence-corrected chi connectivity index (χ1v) is 15.3. The first-order valence-electron chi connectivity index (χ1n) is 15.3. The lowest BCUT2D eigenvalue weighted by atomic mass is 9.86. The maximum absolute atomic E-state index is 14.1. The summed E-state index contributed by atoms with van der Waals surface area (Å²) in [6, 6.07) is 22.2. The molecule has 2 atom stereocenters. The third-order valence-corrected chi connectivity index (χ3v) is 8.60. The molecule has 0 aliphatic carbocycles. The largest absolute Gasteiger partial charge is 0.385 e. The van der Waals surface area contributed by atoms with Gasteiger partial charge in [-0.2, -0.15) is 0 Å². The van der Waals surface area contributed by atoms with Crippen molar-refractivity contribution in [2.75, 3.05) is 6.54 Å². The van der Waals surface area contributed by atoms with Crippen LogP contribution in [0.25, 0.3) is 33.4 Å². The second-order valence-corrected chi connectivity index (χ2v) is 11.9. The van der Waals surface area contributed by atoms with Gasteiger partial charge in [-0.05, 0) is 84.0 Å². The van der Waals surface area contributed by atoms with Crippen LogP contribution in [0, 0.1) is 0 Å². The van der Waals surface area contributed by atoms with Crippen molar-refractivity contribution in [2.45, 2.75) is 77.0 Å². The SMILES string of the molecule is CCCCc1nc2ccc(C(C)(O)CC3CCCCN3)cc2c(=O)n1Cc1ccc(-c2ccccc2-c2nnn[nH]2)cc1. The van der Waals surface area contributed by atoms with E-state index in [4.69, 9.17) is 4.98 Å². The summed E-state index contributed by atoms with van der Waals surface area (Å²) in [7, 11) is 0. The van der Waals surface area contributed by atoms with Crippen LogP contribution >= 0.6 is 0 Å². The number of hydrogen-bond acceptors (Lipinski definition) is 7. The van der Waals surface area contributed by atoms with Gasteiger partial charge in [-0.25, -0.2) is 10.1 Å². The molecule has 222 valence electrons. The summed E-state index contributed by atoms with van der Waals surface area (Å²) in [4.78, 5) is 19.0. The zero-order valence-corrected chi connectivity index (χ0v) is 24.9. The minimum absolute atomic E-state index is 0.0724. The standard InChI is InChI=1S/C34H39N7O2/c1-3-4-12-31-36-30-18-17-25(34(2,43)21-26-9-7-8-19-35-26)20-29(30)33(42)41(31)22-23-13-15-24(16-14-23)27-10-5-6-11-28(27)32-37-39-40-38-32/h5-6,10-11,13-18,20,26,35,43H,3-4,7-9,12,19,21-22H2,1-2H3,(H,37,38,39,40). The number of hydrogen-bond donors (Lipinski definition) is 3.